The number of hydrogen-bond acceptors (Lipinski definition) is 4. The molecule has 1 atom stereocenters. The maximum absolute atomic E-state index is 11.3. The molecule has 0 radical (unpaired) electrons. The van der Waals surface area contributed by atoms with Crippen molar-refractivity contribution >= 4 is 16.9 Å². The molecular formula is C12H15N5O. The zero-order chi connectivity index (χ0) is 12.5. The third-order valence-corrected chi connectivity index (χ3v) is 3.17. The first-order valence-electron chi connectivity index (χ1n) is 5.98. The molecule has 1 aromatic carbocycles. The number of nitrogens with zero attached hydrogens (tertiary/aromatic N) is 1. The van der Waals surface area contributed by atoms with E-state index >= 15 is 0 Å². The molecule has 6 heteroatoms. The number of nitrogens with two attached hydrogens (primary N) is 1. The molecule has 0 saturated carbocycles. The number of para-hydroxylation sites is 1. The van der Waals surface area contributed by atoms with Gasteiger partial charge in [0, 0.05) is 19.6 Å². The highest BCUT2D eigenvalue weighted by Gasteiger charge is 2.19. The largest absolute Gasteiger partial charge is 0.366 e. The highest BCUT2D eigenvalue weighted by molar-refractivity contribution is 6.04. The molecule has 0 spiro atoms. The monoisotopic (exact) mass is 245 g/mol. The van der Waals surface area contributed by atoms with Crippen LogP contribution in [-0.2, 0) is 0 Å². The van der Waals surface area contributed by atoms with E-state index in [2.05, 4.69) is 20.6 Å². The van der Waals surface area contributed by atoms with E-state index in [4.69, 9.17) is 5.73 Å². The van der Waals surface area contributed by atoms with E-state index in [1.807, 2.05) is 6.07 Å². The molecule has 0 bridgehead atoms. The molecule has 18 heavy (non-hydrogen) atoms. The zero-order valence-corrected chi connectivity index (χ0v) is 9.86. The lowest BCUT2D eigenvalue weighted by Crippen LogP contribution is -2.43. The van der Waals surface area contributed by atoms with Crippen LogP contribution in [0.1, 0.15) is 22.2 Å². The average Bonchev–Trinajstić information content (AvgIpc) is 2.83. The summed E-state index contributed by atoms with van der Waals surface area (Å²) in [7, 11) is 0. The lowest BCUT2D eigenvalue weighted by molar-refractivity contribution is 0.100. The van der Waals surface area contributed by atoms with Gasteiger partial charge in [-0.25, -0.2) is 4.98 Å². The third-order valence-electron chi connectivity index (χ3n) is 3.17. The number of amides is 1. The number of rotatable bonds is 2. The first-order chi connectivity index (χ1) is 8.75. The molecule has 1 unspecified atom stereocenters. The van der Waals surface area contributed by atoms with Gasteiger partial charge in [-0.15, -0.1) is 0 Å². The van der Waals surface area contributed by atoms with Crippen molar-refractivity contribution in [2.45, 2.75) is 6.04 Å². The second-order valence-corrected chi connectivity index (χ2v) is 4.40. The molecule has 94 valence electrons. The fourth-order valence-corrected chi connectivity index (χ4v) is 2.26. The second-order valence-electron chi connectivity index (χ2n) is 4.40. The van der Waals surface area contributed by atoms with Gasteiger partial charge in [0.25, 0.3) is 5.91 Å². The van der Waals surface area contributed by atoms with Crippen molar-refractivity contribution in [2.24, 2.45) is 5.73 Å². The van der Waals surface area contributed by atoms with Gasteiger partial charge in [-0.05, 0) is 12.1 Å². The van der Waals surface area contributed by atoms with Gasteiger partial charge in [0.1, 0.15) is 11.3 Å². The van der Waals surface area contributed by atoms with E-state index in [0.717, 1.165) is 31.0 Å². The number of benzene rings is 1. The number of imidazole rings is 1. The smallest absolute Gasteiger partial charge is 0.250 e. The average molecular weight is 245 g/mol. The summed E-state index contributed by atoms with van der Waals surface area (Å²) in [5, 5.41) is 6.67. The number of aromatic amines is 1. The maximum atomic E-state index is 11.3. The number of piperazine rings is 1. The Kier molecular flexibility index (Phi) is 2.73. The molecule has 1 amide bonds. The fourth-order valence-electron chi connectivity index (χ4n) is 2.26. The number of carbonyl (C=O) groups excluding carboxylic acids is 1. The number of aromatic nitrogens is 2. The Morgan fingerprint density at radius 2 is 2.28 bits per heavy atom. The second kappa shape index (κ2) is 4.40. The fraction of sp³-hybridized carbons (Fsp3) is 0.333. The van der Waals surface area contributed by atoms with Crippen molar-refractivity contribution < 1.29 is 4.79 Å². The molecule has 1 fully saturated rings. The Morgan fingerprint density at radius 1 is 1.39 bits per heavy atom. The highest BCUT2D eigenvalue weighted by Crippen LogP contribution is 2.19. The number of nitrogens with one attached hydrogen (secondary N) is 3. The van der Waals surface area contributed by atoms with Gasteiger partial charge in [0.2, 0.25) is 0 Å². The van der Waals surface area contributed by atoms with Crippen molar-refractivity contribution in [3.05, 3.63) is 29.6 Å². The van der Waals surface area contributed by atoms with Crippen LogP contribution < -0.4 is 16.4 Å². The molecule has 0 aliphatic carbocycles. The Morgan fingerprint density at radius 3 is 3.00 bits per heavy atom. The van der Waals surface area contributed by atoms with Crippen LogP contribution in [0.3, 0.4) is 0 Å². The number of fused-ring (bicyclic) bond motifs is 1. The maximum Gasteiger partial charge on any atom is 0.250 e. The van der Waals surface area contributed by atoms with E-state index in [0.29, 0.717) is 11.1 Å². The van der Waals surface area contributed by atoms with Gasteiger partial charge in [-0.1, -0.05) is 6.07 Å². The van der Waals surface area contributed by atoms with E-state index in [9.17, 15) is 4.79 Å². The van der Waals surface area contributed by atoms with Crippen molar-refractivity contribution in [1.29, 1.82) is 0 Å². The summed E-state index contributed by atoms with van der Waals surface area (Å²) < 4.78 is 0. The first-order valence-corrected chi connectivity index (χ1v) is 5.98. The topological polar surface area (TPSA) is 95.8 Å². The Labute approximate surface area is 104 Å². The van der Waals surface area contributed by atoms with E-state index in [1.54, 1.807) is 12.1 Å². The highest BCUT2D eigenvalue weighted by atomic mass is 16.1. The van der Waals surface area contributed by atoms with Gasteiger partial charge < -0.3 is 21.4 Å². The normalized spacial score (nSPS) is 20.1. The van der Waals surface area contributed by atoms with Crippen LogP contribution in [0.5, 0.6) is 0 Å². The van der Waals surface area contributed by atoms with Crippen LogP contribution in [0.2, 0.25) is 0 Å². The molecule has 1 aromatic heterocycles. The molecule has 1 saturated heterocycles. The SMILES string of the molecule is NC(=O)c1cccc2[nH]c(C3CNCCN3)nc12. The molecule has 1 aliphatic heterocycles. The molecule has 5 N–H and O–H groups in total. The summed E-state index contributed by atoms with van der Waals surface area (Å²) in [5.74, 6) is 0.388. The standard InChI is InChI=1S/C12H15N5O/c13-11(18)7-2-1-3-8-10(7)17-12(16-8)9-6-14-4-5-15-9/h1-3,9,14-15H,4-6H2,(H2,13,18)(H,16,17). The van der Waals surface area contributed by atoms with Crippen LogP contribution in [0.25, 0.3) is 11.0 Å². The summed E-state index contributed by atoms with van der Waals surface area (Å²) in [6, 6.07) is 5.54. The van der Waals surface area contributed by atoms with Gasteiger partial charge in [0.05, 0.1) is 17.1 Å². The predicted molar refractivity (Wildman–Crippen MR) is 68.2 cm³/mol. The third kappa shape index (κ3) is 1.85. The number of H-pyrrole nitrogens is 1. The Bertz CT molecular complexity index is 585. The van der Waals surface area contributed by atoms with E-state index in [1.165, 1.54) is 0 Å². The van der Waals surface area contributed by atoms with Gasteiger partial charge in [0.15, 0.2) is 0 Å². The van der Waals surface area contributed by atoms with E-state index in [-0.39, 0.29) is 6.04 Å². The van der Waals surface area contributed by atoms with Gasteiger partial charge >= 0.3 is 0 Å². The lowest BCUT2D eigenvalue weighted by Gasteiger charge is -2.22. The molecule has 2 aromatic rings. The van der Waals surface area contributed by atoms with Crippen molar-refractivity contribution in [1.82, 2.24) is 20.6 Å². The quantitative estimate of drug-likeness (QED) is 0.594. The summed E-state index contributed by atoms with van der Waals surface area (Å²) in [4.78, 5) is 19.1. The summed E-state index contributed by atoms with van der Waals surface area (Å²) >= 11 is 0. The number of primary amides is 1. The van der Waals surface area contributed by atoms with Crippen LogP contribution >= 0.6 is 0 Å². The van der Waals surface area contributed by atoms with Crippen molar-refractivity contribution in [3.63, 3.8) is 0 Å². The number of hydrogen-bond donors (Lipinski definition) is 4. The van der Waals surface area contributed by atoms with Crippen molar-refractivity contribution in [3.8, 4) is 0 Å². The molecular weight excluding hydrogens is 230 g/mol. The number of carbonyl (C=O) groups is 1. The van der Waals surface area contributed by atoms with Crippen molar-refractivity contribution in [2.75, 3.05) is 19.6 Å². The Balaban J connectivity index is 2.04. The summed E-state index contributed by atoms with van der Waals surface area (Å²) in [6.45, 7) is 2.69. The molecule has 1 aliphatic rings. The summed E-state index contributed by atoms with van der Waals surface area (Å²) in [6.07, 6.45) is 0. The minimum absolute atomic E-state index is 0.145. The predicted octanol–water partition coefficient (Wildman–Crippen LogP) is -0.104. The Hall–Kier alpha value is -1.92. The minimum atomic E-state index is -0.451. The summed E-state index contributed by atoms with van der Waals surface area (Å²) in [5.41, 5.74) is 7.29. The van der Waals surface area contributed by atoms with Crippen LogP contribution in [0.15, 0.2) is 18.2 Å². The molecule has 3 rings (SSSR count). The molecule has 2 heterocycles. The van der Waals surface area contributed by atoms with E-state index < -0.39 is 5.91 Å². The van der Waals surface area contributed by atoms with Crippen LogP contribution in [-0.4, -0.2) is 35.5 Å². The van der Waals surface area contributed by atoms with Crippen LogP contribution in [0, 0.1) is 0 Å². The molecule has 6 nitrogen and oxygen atoms in total. The van der Waals surface area contributed by atoms with Gasteiger partial charge in [-0.3, -0.25) is 4.79 Å². The lowest BCUT2D eigenvalue weighted by atomic mass is 10.2. The van der Waals surface area contributed by atoms with Crippen LogP contribution in [0.4, 0.5) is 0 Å². The minimum Gasteiger partial charge on any atom is -0.366 e. The van der Waals surface area contributed by atoms with Gasteiger partial charge in [-0.2, -0.15) is 0 Å². The first kappa shape index (κ1) is 11.2. The zero-order valence-electron chi connectivity index (χ0n) is 9.86.